The molecule has 0 saturated carbocycles. The summed E-state index contributed by atoms with van der Waals surface area (Å²) in [6.45, 7) is 5.45. The maximum atomic E-state index is 14.3. The van der Waals surface area contributed by atoms with Crippen molar-refractivity contribution in [3.8, 4) is 5.75 Å². The normalized spacial score (nSPS) is 20.6. The maximum Gasteiger partial charge on any atom is 0.296 e. The third-order valence-corrected chi connectivity index (χ3v) is 6.75. The fraction of sp³-hybridized carbons (Fsp3) is 0.393. The van der Waals surface area contributed by atoms with Crippen LogP contribution in [0.4, 0.5) is 5.69 Å². The molecule has 0 aromatic heterocycles. The summed E-state index contributed by atoms with van der Waals surface area (Å²) in [6, 6.07) is 13.9. The summed E-state index contributed by atoms with van der Waals surface area (Å²) in [5.74, 6) is -1.79. The Morgan fingerprint density at radius 1 is 1.00 bits per heavy atom. The summed E-state index contributed by atoms with van der Waals surface area (Å²) >= 11 is 0. The summed E-state index contributed by atoms with van der Waals surface area (Å²) in [5, 5.41) is 11.5. The number of aliphatic hydroxyl groups excluding tert-OH is 1. The number of carbonyl (C=O) groups excluding carboxylic acids is 3. The average molecular weight is 492 g/mol. The molecule has 2 amide bonds. The minimum Gasteiger partial charge on any atom is -0.507 e. The number of benzene rings is 2. The van der Waals surface area contributed by atoms with Gasteiger partial charge < -0.3 is 24.5 Å². The molecule has 4 rings (SSSR count). The fourth-order valence-corrected chi connectivity index (χ4v) is 5.02. The van der Waals surface area contributed by atoms with Gasteiger partial charge in [0.1, 0.15) is 11.5 Å². The maximum absolute atomic E-state index is 14.3. The molecule has 0 bridgehead atoms. The SMILES string of the molecule is CCCCN1C(=O)[C@]2(C(=C(O)c3ccc(OCC)cc3)C(=O)C(=O)N2CCN(C)C)c2ccccc21. The van der Waals surface area contributed by atoms with Gasteiger partial charge in [0.15, 0.2) is 5.54 Å². The zero-order valence-corrected chi connectivity index (χ0v) is 21.3. The van der Waals surface area contributed by atoms with Crippen LogP contribution >= 0.6 is 0 Å². The highest BCUT2D eigenvalue weighted by molar-refractivity contribution is 6.50. The number of carbonyl (C=O) groups is 3. The monoisotopic (exact) mass is 491 g/mol. The first-order valence-corrected chi connectivity index (χ1v) is 12.4. The van der Waals surface area contributed by atoms with Gasteiger partial charge in [0.2, 0.25) is 0 Å². The molecule has 2 aliphatic heterocycles. The van der Waals surface area contributed by atoms with Gasteiger partial charge in [-0.2, -0.15) is 0 Å². The van der Waals surface area contributed by atoms with Crippen molar-refractivity contribution in [1.29, 1.82) is 0 Å². The molecule has 36 heavy (non-hydrogen) atoms. The Kier molecular flexibility index (Phi) is 7.17. The summed E-state index contributed by atoms with van der Waals surface area (Å²) in [7, 11) is 3.72. The smallest absolute Gasteiger partial charge is 0.296 e. The largest absolute Gasteiger partial charge is 0.507 e. The van der Waals surface area contributed by atoms with Crippen molar-refractivity contribution in [3.05, 3.63) is 65.2 Å². The molecule has 8 nitrogen and oxygen atoms in total. The average Bonchev–Trinajstić information content (AvgIpc) is 3.24. The van der Waals surface area contributed by atoms with Gasteiger partial charge >= 0.3 is 0 Å². The number of ether oxygens (including phenoxy) is 1. The standard InChI is InChI=1S/C28H33N3O5/c1-5-7-16-30-22-11-9-8-10-21(22)28(27(30)35)23(25(33)26(34)31(28)18-17-29(3)4)24(32)19-12-14-20(15-13-19)36-6-2/h8-15,32H,5-7,16-18H2,1-4H3/t28-/m1/s1. The second-order valence-corrected chi connectivity index (χ2v) is 9.31. The molecule has 1 atom stereocenters. The topological polar surface area (TPSA) is 90.4 Å². The molecule has 2 aliphatic rings. The van der Waals surface area contributed by atoms with E-state index in [9.17, 15) is 19.5 Å². The van der Waals surface area contributed by atoms with E-state index in [0.29, 0.717) is 42.3 Å². The first-order valence-electron chi connectivity index (χ1n) is 12.4. The number of para-hydroxylation sites is 1. The van der Waals surface area contributed by atoms with Crippen LogP contribution < -0.4 is 9.64 Å². The van der Waals surface area contributed by atoms with Crippen LogP contribution in [0.25, 0.3) is 5.76 Å². The van der Waals surface area contributed by atoms with E-state index in [1.807, 2.05) is 45.0 Å². The number of likely N-dealkylation sites (tertiary alicyclic amines) is 1. The number of Topliss-reactive ketones (excluding diaryl/α,β-unsaturated/α-hetero) is 1. The quantitative estimate of drug-likeness (QED) is 0.329. The van der Waals surface area contributed by atoms with Crippen molar-refractivity contribution < 1.29 is 24.2 Å². The molecule has 2 aromatic carbocycles. The lowest BCUT2D eigenvalue weighted by Crippen LogP contribution is -2.53. The van der Waals surface area contributed by atoms with Gasteiger partial charge in [-0.3, -0.25) is 14.4 Å². The van der Waals surface area contributed by atoms with Crippen LogP contribution in [0.15, 0.2) is 54.1 Å². The first-order chi connectivity index (χ1) is 17.3. The molecule has 0 unspecified atom stereocenters. The molecule has 1 saturated heterocycles. The number of unbranched alkanes of at least 4 members (excludes halogenated alkanes) is 1. The number of anilines is 1. The molecular weight excluding hydrogens is 458 g/mol. The van der Waals surface area contributed by atoms with E-state index in [0.717, 1.165) is 12.8 Å². The minimum atomic E-state index is -1.73. The second-order valence-electron chi connectivity index (χ2n) is 9.31. The third-order valence-electron chi connectivity index (χ3n) is 6.75. The lowest BCUT2D eigenvalue weighted by Gasteiger charge is -2.35. The Bertz CT molecular complexity index is 1200. The predicted octanol–water partition coefficient (Wildman–Crippen LogP) is 3.37. The van der Waals surface area contributed by atoms with Gasteiger partial charge in [-0.05, 0) is 57.8 Å². The van der Waals surface area contributed by atoms with Crippen LogP contribution in [0.2, 0.25) is 0 Å². The second kappa shape index (κ2) is 10.1. The molecule has 1 N–H and O–H groups in total. The van der Waals surface area contributed by atoms with E-state index in [2.05, 4.69) is 0 Å². The third kappa shape index (κ3) is 3.95. The fourth-order valence-electron chi connectivity index (χ4n) is 5.02. The summed E-state index contributed by atoms with van der Waals surface area (Å²) in [5.41, 5.74) is -0.383. The lowest BCUT2D eigenvalue weighted by atomic mass is 9.82. The van der Waals surface area contributed by atoms with E-state index in [1.54, 1.807) is 41.3 Å². The van der Waals surface area contributed by atoms with Crippen LogP contribution in [-0.2, 0) is 19.9 Å². The van der Waals surface area contributed by atoms with Crippen LogP contribution in [0.3, 0.4) is 0 Å². The van der Waals surface area contributed by atoms with E-state index < -0.39 is 17.2 Å². The van der Waals surface area contributed by atoms with E-state index in [1.165, 1.54) is 4.90 Å². The van der Waals surface area contributed by atoms with Gasteiger partial charge in [-0.15, -0.1) is 0 Å². The number of hydrogen-bond donors (Lipinski definition) is 1. The van der Waals surface area contributed by atoms with Crippen molar-refractivity contribution in [1.82, 2.24) is 9.80 Å². The van der Waals surface area contributed by atoms with Crippen LogP contribution in [0.1, 0.15) is 37.8 Å². The van der Waals surface area contributed by atoms with E-state index >= 15 is 0 Å². The number of fused-ring (bicyclic) bond motifs is 2. The minimum absolute atomic E-state index is 0.152. The predicted molar refractivity (Wildman–Crippen MR) is 138 cm³/mol. The van der Waals surface area contributed by atoms with Crippen LogP contribution in [-0.4, -0.2) is 72.8 Å². The zero-order valence-electron chi connectivity index (χ0n) is 21.3. The van der Waals surface area contributed by atoms with Crippen LogP contribution in [0, 0.1) is 0 Å². The Hall–Kier alpha value is -3.65. The molecule has 0 aliphatic carbocycles. The zero-order chi connectivity index (χ0) is 26.0. The van der Waals surface area contributed by atoms with E-state index in [4.69, 9.17) is 4.74 Å². The van der Waals surface area contributed by atoms with Gasteiger partial charge in [0.25, 0.3) is 17.6 Å². The Balaban J connectivity index is 1.97. The highest BCUT2D eigenvalue weighted by atomic mass is 16.5. The Morgan fingerprint density at radius 3 is 2.33 bits per heavy atom. The first kappa shape index (κ1) is 25.4. The molecule has 190 valence electrons. The highest BCUT2D eigenvalue weighted by Gasteiger charge is 2.66. The molecule has 0 radical (unpaired) electrons. The van der Waals surface area contributed by atoms with Crippen molar-refractivity contribution in [2.24, 2.45) is 0 Å². The number of likely N-dealkylation sites (N-methyl/N-ethyl adjacent to an activating group) is 1. The summed E-state index contributed by atoms with van der Waals surface area (Å²) < 4.78 is 5.49. The molecule has 1 fully saturated rings. The Morgan fingerprint density at radius 2 is 1.69 bits per heavy atom. The van der Waals surface area contributed by atoms with Crippen molar-refractivity contribution in [3.63, 3.8) is 0 Å². The van der Waals surface area contributed by atoms with Gasteiger partial charge in [-0.1, -0.05) is 31.5 Å². The number of nitrogens with zero attached hydrogens (tertiary/aromatic N) is 3. The molecule has 8 heteroatoms. The number of aliphatic hydroxyl groups is 1. The summed E-state index contributed by atoms with van der Waals surface area (Å²) in [6.07, 6.45) is 1.64. The van der Waals surface area contributed by atoms with Crippen molar-refractivity contribution in [2.75, 3.05) is 45.2 Å². The molecule has 2 heterocycles. The van der Waals surface area contributed by atoms with E-state index in [-0.39, 0.29) is 23.8 Å². The number of rotatable bonds is 9. The van der Waals surface area contributed by atoms with Gasteiger partial charge in [0, 0.05) is 30.8 Å². The lowest BCUT2D eigenvalue weighted by molar-refractivity contribution is -0.143. The summed E-state index contributed by atoms with van der Waals surface area (Å²) in [4.78, 5) is 46.2. The van der Waals surface area contributed by atoms with Gasteiger partial charge in [0.05, 0.1) is 17.9 Å². The molecular formula is C28H33N3O5. The number of amides is 2. The molecule has 1 spiro atoms. The van der Waals surface area contributed by atoms with Crippen molar-refractivity contribution in [2.45, 2.75) is 32.2 Å². The number of ketones is 1. The Labute approximate surface area is 211 Å². The van der Waals surface area contributed by atoms with Crippen LogP contribution in [0.5, 0.6) is 5.75 Å². The van der Waals surface area contributed by atoms with Gasteiger partial charge in [-0.25, -0.2) is 0 Å². The number of hydrogen-bond acceptors (Lipinski definition) is 6. The van der Waals surface area contributed by atoms with Crippen molar-refractivity contribution >= 4 is 29.0 Å². The highest BCUT2D eigenvalue weighted by Crippen LogP contribution is 2.53. The molecule has 2 aromatic rings.